The van der Waals surface area contributed by atoms with Gasteiger partial charge in [0, 0.05) is 31.3 Å². The molecule has 11 nitrogen and oxygen atoms in total. The Hall–Kier alpha value is -3.28. The third kappa shape index (κ3) is 3.99. The molecule has 35 heavy (non-hydrogen) atoms. The molecule has 184 valence electrons. The van der Waals surface area contributed by atoms with Gasteiger partial charge in [0.15, 0.2) is 5.75 Å². The first-order valence-electron chi connectivity index (χ1n) is 11.9. The number of rotatable bonds is 6. The molecule has 0 aromatic carbocycles. The molecule has 0 bridgehead atoms. The summed E-state index contributed by atoms with van der Waals surface area (Å²) < 4.78 is 18.2. The second-order valence-electron chi connectivity index (χ2n) is 9.36. The molecule has 0 spiro atoms. The van der Waals surface area contributed by atoms with Crippen LogP contribution in [0.1, 0.15) is 24.1 Å². The fraction of sp³-hybridized carbons (Fsp3) is 0.500. The van der Waals surface area contributed by atoms with E-state index >= 15 is 0 Å². The van der Waals surface area contributed by atoms with Gasteiger partial charge in [-0.15, -0.1) is 5.10 Å². The first kappa shape index (κ1) is 22.2. The van der Waals surface area contributed by atoms with Crippen LogP contribution < -0.4 is 25.1 Å². The highest BCUT2D eigenvalue weighted by Crippen LogP contribution is 2.41. The van der Waals surface area contributed by atoms with Crippen molar-refractivity contribution in [2.75, 3.05) is 40.0 Å². The first-order valence-corrected chi connectivity index (χ1v) is 11.9. The number of β-amino-alcohol motifs (C(OH)–C–C–N with tert-alkyl or cyclic N) is 1. The lowest BCUT2D eigenvalue weighted by Gasteiger charge is -2.37. The molecule has 0 amide bonds. The summed E-state index contributed by atoms with van der Waals surface area (Å²) >= 11 is 0. The van der Waals surface area contributed by atoms with Crippen LogP contribution in [0.2, 0.25) is 0 Å². The Labute approximate surface area is 201 Å². The van der Waals surface area contributed by atoms with Crippen LogP contribution in [0.15, 0.2) is 29.2 Å². The van der Waals surface area contributed by atoms with E-state index in [1.165, 1.54) is 6.07 Å². The van der Waals surface area contributed by atoms with Gasteiger partial charge in [-0.05, 0) is 32.0 Å². The summed E-state index contributed by atoms with van der Waals surface area (Å²) in [6.45, 7) is 3.89. The molecule has 3 aliphatic rings. The molecule has 0 aliphatic carbocycles. The number of nitrogens with zero attached hydrogens (tertiary/aromatic N) is 5. The van der Waals surface area contributed by atoms with Crippen LogP contribution in [0.25, 0.3) is 11.0 Å². The van der Waals surface area contributed by atoms with E-state index in [1.807, 2.05) is 6.07 Å². The zero-order valence-corrected chi connectivity index (χ0v) is 19.6. The van der Waals surface area contributed by atoms with Crippen LogP contribution in [0.4, 0.5) is 0 Å². The number of ether oxygens (including phenoxy) is 3. The number of methoxy groups -OCH3 is 1. The topological polar surface area (TPSA) is 124 Å². The van der Waals surface area contributed by atoms with E-state index in [-0.39, 0.29) is 12.1 Å². The van der Waals surface area contributed by atoms with Crippen molar-refractivity contribution in [1.82, 2.24) is 30.0 Å². The van der Waals surface area contributed by atoms with Crippen molar-refractivity contribution in [3.8, 4) is 17.4 Å². The molecule has 0 saturated carbocycles. The maximum absolute atomic E-state index is 12.5. The molecule has 11 heteroatoms. The highest BCUT2D eigenvalue weighted by atomic mass is 16.6. The maximum atomic E-state index is 12.5. The quantitative estimate of drug-likeness (QED) is 0.513. The predicted octanol–water partition coefficient (Wildman–Crippen LogP) is 0.422. The number of aromatic nitrogens is 4. The SMILES string of the molecule is COc1cnc2ccc(=O)n3c2c1[C@](O)(CN1CCC(NCc2cc4c(nn2)OCCO4)CC1)C3. The van der Waals surface area contributed by atoms with Crippen molar-refractivity contribution < 1.29 is 19.3 Å². The van der Waals surface area contributed by atoms with E-state index in [0.717, 1.165) is 31.6 Å². The largest absolute Gasteiger partial charge is 0.495 e. The highest BCUT2D eigenvalue weighted by Gasteiger charge is 2.43. The molecule has 3 aromatic rings. The fourth-order valence-electron chi connectivity index (χ4n) is 5.37. The van der Waals surface area contributed by atoms with Crippen LogP contribution in [0.5, 0.6) is 17.4 Å². The molecule has 6 heterocycles. The average molecular weight is 481 g/mol. The van der Waals surface area contributed by atoms with E-state index in [4.69, 9.17) is 14.2 Å². The summed E-state index contributed by atoms with van der Waals surface area (Å²) in [7, 11) is 1.56. The highest BCUT2D eigenvalue weighted by molar-refractivity contribution is 5.83. The molecule has 3 aromatic heterocycles. The Balaban J connectivity index is 1.10. The average Bonchev–Trinajstić information content (AvgIpc) is 3.20. The van der Waals surface area contributed by atoms with Crippen LogP contribution >= 0.6 is 0 Å². The van der Waals surface area contributed by atoms with Crippen LogP contribution in [0, 0.1) is 0 Å². The lowest BCUT2D eigenvalue weighted by atomic mass is 9.93. The number of fused-ring (bicyclic) bond motifs is 1. The summed E-state index contributed by atoms with van der Waals surface area (Å²) in [6.07, 6.45) is 3.49. The van der Waals surface area contributed by atoms with Gasteiger partial charge in [-0.2, -0.15) is 5.10 Å². The third-order valence-electron chi connectivity index (χ3n) is 7.07. The summed E-state index contributed by atoms with van der Waals surface area (Å²) in [5.74, 6) is 1.60. The molecular formula is C24H28N6O5. The van der Waals surface area contributed by atoms with E-state index in [9.17, 15) is 9.90 Å². The van der Waals surface area contributed by atoms with E-state index in [2.05, 4.69) is 25.4 Å². The minimum Gasteiger partial charge on any atom is -0.495 e. The molecule has 2 N–H and O–H groups in total. The Kier molecular flexibility index (Phi) is 5.54. The normalized spacial score (nSPS) is 22.0. The molecule has 1 fully saturated rings. The van der Waals surface area contributed by atoms with Crippen LogP contribution in [0.3, 0.4) is 0 Å². The Morgan fingerprint density at radius 3 is 2.89 bits per heavy atom. The lowest BCUT2D eigenvalue weighted by Crippen LogP contribution is -2.48. The lowest BCUT2D eigenvalue weighted by molar-refractivity contribution is -0.0150. The summed E-state index contributed by atoms with van der Waals surface area (Å²) in [5.41, 5.74) is 1.45. The monoisotopic (exact) mass is 480 g/mol. The van der Waals surface area contributed by atoms with Crippen molar-refractivity contribution in [3.63, 3.8) is 0 Å². The van der Waals surface area contributed by atoms with Crippen LogP contribution in [-0.2, 0) is 18.7 Å². The van der Waals surface area contributed by atoms with Gasteiger partial charge in [-0.1, -0.05) is 0 Å². The molecular weight excluding hydrogens is 452 g/mol. The molecule has 6 rings (SSSR count). The molecule has 1 atom stereocenters. The van der Waals surface area contributed by atoms with E-state index in [1.54, 1.807) is 23.9 Å². The number of nitrogens with one attached hydrogen (secondary N) is 1. The molecule has 1 saturated heterocycles. The van der Waals surface area contributed by atoms with Gasteiger partial charge in [-0.25, -0.2) is 0 Å². The Morgan fingerprint density at radius 1 is 1.23 bits per heavy atom. The van der Waals surface area contributed by atoms with Gasteiger partial charge in [0.2, 0.25) is 0 Å². The van der Waals surface area contributed by atoms with E-state index < -0.39 is 5.60 Å². The summed E-state index contributed by atoms with van der Waals surface area (Å²) in [6, 6.07) is 5.41. The zero-order chi connectivity index (χ0) is 24.0. The third-order valence-corrected chi connectivity index (χ3v) is 7.07. The maximum Gasteiger partial charge on any atom is 0.276 e. The van der Waals surface area contributed by atoms with Gasteiger partial charge in [0.05, 0.1) is 42.1 Å². The Bertz CT molecular complexity index is 1320. The van der Waals surface area contributed by atoms with Crippen LogP contribution in [-0.4, -0.2) is 75.8 Å². The number of likely N-dealkylation sites (tertiary alicyclic amines) is 1. The van der Waals surface area contributed by atoms with Gasteiger partial charge in [0.1, 0.15) is 24.6 Å². The predicted molar refractivity (Wildman–Crippen MR) is 126 cm³/mol. The van der Waals surface area contributed by atoms with Crippen molar-refractivity contribution >= 4 is 11.0 Å². The fourth-order valence-corrected chi connectivity index (χ4v) is 5.37. The van der Waals surface area contributed by atoms with Crippen molar-refractivity contribution in [2.45, 2.75) is 37.6 Å². The Morgan fingerprint density at radius 2 is 2.06 bits per heavy atom. The summed E-state index contributed by atoms with van der Waals surface area (Å²) in [5, 5.41) is 23.7. The number of hydrogen-bond donors (Lipinski definition) is 2. The molecule has 0 unspecified atom stereocenters. The van der Waals surface area contributed by atoms with E-state index in [0.29, 0.717) is 66.3 Å². The second-order valence-corrected chi connectivity index (χ2v) is 9.36. The summed E-state index contributed by atoms with van der Waals surface area (Å²) in [4.78, 5) is 19.2. The second kappa shape index (κ2) is 8.74. The van der Waals surface area contributed by atoms with Gasteiger partial charge in [-0.3, -0.25) is 14.7 Å². The number of piperidine rings is 1. The smallest absolute Gasteiger partial charge is 0.276 e. The van der Waals surface area contributed by atoms with Gasteiger partial charge >= 0.3 is 0 Å². The number of pyridine rings is 2. The van der Waals surface area contributed by atoms with Gasteiger partial charge < -0.3 is 29.2 Å². The van der Waals surface area contributed by atoms with Gasteiger partial charge in [0.25, 0.3) is 11.4 Å². The van der Waals surface area contributed by atoms with Crippen molar-refractivity contribution in [2.24, 2.45) is 0 Å². The molecule has 0 radical (unpaired) electrons. The first-order chi connectivity index (χ1) is 17.0. The number of hydrogen-bond acceptors (Lipinski definition) is 10. The van der Waals surface area contributed by atoms with Crippen molar-refractivity contribution in [3.05, 3.63) is 46.0 Å². The standard InChI is InChI=1S/C24H28N6O5/c1-33-19-12-26-17-2-3-20(31)30-14-24(32,21(19)22(17)30)13-29-6-4-15(5-7-29)25-11-16-10-18-23(28-27-16)35-9-8-34-18/h2-3,10,12,15,25,32H,4-9,11,13-14H2,1H3/t24-/m0/s1. The zero-order valence-electron chi connectivity index (χ0n) is 19.6. The minimum atomic E-state index is -1.22. The molecule has 3 aliphatic heterocycles. The number of aliphatic hydroxyl groups is 1. The minimum absolute atomic E-state index is 0.144. The van der Waals surface area contributed by atoms with Crippen molar-refractivity contribution in [1.29, 1.82) is 0 Å².